The summed E-state index contributed by atoms with van der Waals surface area (Å²) in [6.45, 7) is 0.440. The van der Waals surface area contributed by atoms with Gasteiger partial charge in [-0.3, -0.25) is 0 Å². The van der Waals surface area contributed by atoms with Crippen LogP contribution < -0.4 is 0 Å². The Morgan fingerprint density at radius 1 is 1.23 bits per heavy atom. The summed E-state index contributed by atoms with van der Waals surface area (Å²) in [5.74, 6) is 0. The van der Waals surface area contributed by atoms with Gasteiger partial charge in [0.25, 0.3) is 0 Å². The minimum absolute atomic E-state index is 0.440. The van der Waals surface area contributed by atoms with Gasteiger partial charge in [0.15, 0.2) is 0 Å². The molecule has 2 aromatic carbocycles. The second-order valence-electron chi connectivity index (χ2n) is 4.81. The molecule has 0 fully saturated rings. The number of aromatic nitrogens is 2. The van der Waals surface area contributed by atoms with Gasteiger partial charge in [-0.15, -0.1) is 0 Å². The predicted molar refractivity (Wildman–Crippen MR) is 89.8 cm³/mol. The Morgan fingerprint density at radius 2 is 2.05 bits per heavy atom. The first kappa shape index (κ1) is 14.6. The summed E-state index contributed by atoms with van der Waals surface area (Å²) in [6, 6.07) is 15.2. The first-order valence-corrected chi connectivity index (χ1v) is 7.38. The van der Waals surface area contributed by atoms with E-state index in [-0.39, 0.29) is 0 Å². The summed E-state index contributed by atoms with van der Waals surface area (Å²) in [6.07, 6.45) is 3.51. The van der Waals surface area contributed by atoms with Crippen molar-refractivity contribution >= 4 is 40.3 Å². The third kappa shape index (κ3) is 2.99. The molecule has 0 saturated heterocycles. The van der Waals surface area contributed by atoms with Gasteiger partial charge in [0.1, 0.15) is 0 Å². The van der Waals surface area contributed by atoms with Crippen LogP contribution in [0, 0.1) is 11.3 Å². The van der Waals surface area contributed by atoms with Crippen LogP contribution in [0.5, 0.6) is 0 Å². The van der Waals surface area contributed by atoms with Gasteiger partial charge in [0.2, 0.25) is 0 Å². The summed E-state index contributed by atoms with van der Waals surface area (Å²) in [4.78, 5) is 4.33. The number of imidazole rings is 1. The second kappa shape index (κ2) is 6.23. The first-order valence-electron chi connectivity index (χ1n) is 6.63. The topological polar surface area (TPSA) is 41.6 Å². The molecule has 1 aromatic heterocycles. The zero-order valence-corrected chi connectivity index (χ0v) is 13.0. The molecule has 0 aliphatic carbocycles. The van der Waals surface area contributed by atoms with E-state index >= 15 is 0 Å². The monoisotopic (exact) mass is 327 g/mol. The van der Waals surface area contributed by atoms with Crippen LogP contribution in [0.3, 0.4) is 0 Å². The normalized spacial score (nSPS) is 11.6. The van der Waals surface area contributed by atoms with E-state index in [2.05, 4.69) is 11.1 Å². The van der Waals surface area contributed by atoms with Crippen molar-refractivity contribution in [1.29, 1.82) is 5.26 Å². The number of benzene rings is 2. The highest BCUT2D eigenvalue weighted by atomic mass is 35.5. The maximum Gasteiger partial charge on any atom is 0.0966 e. The summed E-state index contributed by atoms with van der Waals surface area (Å²) in [7, 11) is 0. The van der Waals surface area contributed by atoms with E-state index in [9.17, 15) is 5.26 Å². The van der Waals surface area contributed by atoms with Crippen LogP contribution in [-0.4, -0.2) is 9.55 Å². The zero-order valence-electron chi connectivity index (χ0n) is 11.5. The van der Waals surface area contributed by atoms with Gasteiger partial charge < -0.3 is 4.57 Å². The molecule has 108 valence electrons. The molecular formula is C17H11Cl2N3. The van der Waals surface area contributed by atoms with Crippen LogP contribution in [0.4, 0.5) is 0 Å². The van der Waals surface area contributed by atoms with E-state index < -0.39 is 0 Å². The molecule has 0 atom stereocenters. The van der Waals surface area contributed by atoms with Crippen molar-refractivity contribution in [3.63, 3.8) is 0 Å². The Bertz CT molecular complexity index is 904. The van der Waals surface area contributed by atoms with Crippen LogP contribution in [0.15, 0.2) is 54.4 Å². The molecule has 0 unspecified atom stereocenters. The quantitative estimate of drug-likeness (QED) is 0.638. The van der Waals surface area contributed by atoms with E-state index in [1.807, 2.05) is 28.8 Å². The Morgan fingerprint density at radius 3 is 2.82 bits per heavy atom. The number of allylic oxidation sites excluding steroid dienone is 1. The number of nitriles is 1. The van der Waals surface area contributed by atoms with Gasteiger partial charge in [-0.1, -0.05) is 41.4 Å². The molecule has 0 aliphatic heterocycles. The average molecular weight is 328 g/mol. The van der Waals surface area contributed by atoms with Gasteiger partial charge in [-0.25, -0.2) is 4.98 Å². The lowest BCUT2D eigenvalue weighted by atomic mass is 10.1. The van der Waals surface area contributed by atoms with Crippen molar-refractivity contribution in [1.82, 2.24) is 9.55 Å². The lowest BCUT2D eigenvalue weighted by Crippen LogP contribution is -1.98. The number of nitrogens with zero attached hydrogens (tertiary/aromatic N) is 3. The summed E-state index contributed by atoms with van der Waals surface area (Å²) < 4.78 is 1.94. The fourth-order valence-electron chi connectivity index (χ4n) is 2.24. The summed E-state index contributed by atoms with van der Waals surface area (Å²) in [5, 5.41) is 10.5. The van der Waals surface area contributed by atoms with E-state index in [0.717, 1.165) is 16.6 Å². The lowest BCUT2D eigenvalue weighted by molar-refractivity contribution is 0.830. The van der Waals surface area contributed by atoms with Crippen LogP contribution in [0.25, 0.3) is 17.1 Å². The van der Waals surface area contributed by atoms with E-state index in [4.69, 9.17) is 23.2 Å². The molecule has 5 heteroatoms. The van der Waals surface area contributed by atoms with Crippen molar-refractivity contribution in [3.8, 4) is 6.07 Å². The zero-order chi connectivity index (χ0) is 15.5. The maximum absolute atomic E-state index is 9.38. The van der Waals surface area contributed by atoms with Crippen LogP contribution >= 0.6 is 23.2 Å². The Hall–Kier alpha value is -2.28. The lowest BCUT2D eigenvalue weighted by Gasteiger charge is -2.04. The van der Waals surface area contributed by atoms with Gasteiger partial charge >= 0.3 is 0 Å². The first-order chi connectivity index (χ1) is 10.7. The minimum Gasteiger partial charge on any atom is -0.325 e. The van der Waals surface area contributed by atoms with E-state index in [1.165, 1.54) is 0 Å². The van der Waals surface area contributed by atoms with Crippen LogP contribution in [-0.2, 0) is 6.54 Å². The molecule has 3 rings (SSSR count). The highest BCUT2D eigenvalue weighted by Gasteiger charge is 2.06. The van der Waals surface area contributed by atoms with Gasteiger partial charge in [-0.05, 0) is 35.9 Å². The second-order valence-corrected chi connectivity index (χ2v) is 5.65. The molecule has 22 heavy (non-hydrogen) atoms. The van der Waals surface area contributed by atoms with Crippen molar-refractivity contribution in [2.24, 2.45) is 0 Å². The molecule has 1 heterocycles. The SMILES string of the molecule is N#C/C(=C/c1ccc(Cl)cc1Cl)Cn1cnc2ccccc21. The number of hydrogen-bond acceptors (Lipinski definition) is 2. The number of para-hydroxylation sites is 2. The highest BCUT2D eigenvalue weighted by Crippen LogP contribution is 2.23. The summed E-state index contributed by atoms with van der Waals surface area (Å²) in [5.41, 5.74) is 3.26. The van der Waals surface area contributed by atoms with Crippen molar-refractivity contribution in [3.05, 3.63) is 70.0 Å². The maximum atomic E-state index is 9.38. The fourth-order valence-corrected chi connectivity index (χ4v) is 2.70. The molecule has 3 aromatic rings. The third-order valence-electron chi connectivity index (χ3n) is 3.30. The largest absolute Gasteiger partial charge is 0.325 e. The van der Waals surface area contributed by atoms with Gasteiger partial charge in [0, 0.05) is 15.6 Å². The number of hydrogen-bond donors (Lipinski definition) is 0. The third-order valence-corrected chi connectivity index (χ3v) is 3.87. The van der Waals surface area contributed by atoms with Crippen molar-refractivity contribution in [2.75, 3.05) is 0 Å². The molecule has 3 nitrogen and oxygen atoms in total. The van der Waals surface area contributed by atoms with Crippen LogP contribution in [0.2, 0.25) is 10.0 Å². The molecular weight excluding hydrogens is 317 g/mol. The Kier molecular flexibility index (Phi) is 4.15. The van der Waals surface area contributed by atoms with Crippen molar-refractivity contribution < 1.29 is 0 Å². The standard InChI is InChI=1S/C17H11Cl2N3/c18-14-6-5-13(15(19)8-14)7-12(9-20)10-22-11-21-16-3-1-2-4-17(16)22/h1-8,11H,10H2/b12-7-. The van der Waals surface area contributed by atoms with Gasteiger partial charge in [-0.2, -0.15) is 5.26 Å². The number of rotatable bonds is 3. The fraction of sp³-hybridized carbons (Fsp3) is 0.0588. The van der Waals surface area contributed by atoms with Crippen molar-refractivity contribution in [2.45, 2.75) is 6.54 Å². The minimum atomic E-state index is 0.440. The Balaban J connectivity index is 1.95. The number of fused-ring (bicyclic) bond motifs is 1. The molecule has 0 aliphatic rings. The van der Waals surface area contributed by atoms with E-state index in [1.54, 1.807) is 30.6 Å². The summed E-state index contributed by atoms with van der Waals surface area (Å²) >= 11 is 12.0. The van der Waals surface area contributed by atoms with Crippen LogP contribution in [0.1, 0.15) is 5.56 Å². The Labute approximate surface area is 138 Å². The van der Waals surface area contributed by atoms with E-state index in [0.29, 0.717) is 22.2 Å². The molecule has 0 amide bonds. The van der Waals surface area contributed by atoms with Gasteiger partial charge in [0.05, 0.1) is 30.0 Å². The highest BCUT2D eigenvalue weighted by molar-refractivity contribution is 6.35. The molecule has 0 bridgehead atoms. The molecule has 0 saturated carbocycles. The number of halogens is 2. The predicted octanol–water partition coefficient (Wildman–Crippen LogP) is 4.95. The molecule has 0 radical (unpaired) electrons. The average Bonchev–Trinajstić information content (AvgIpc) is 2.92. The smallest absolute Gasteiger partial charge is 0.0966 e. The molecule has 0 spiro atoms. The molecule has 0 N–H and O–H groups in total.